The van der Waals surface area contributed by atoms with Crippen molar-refractivity contribution in [3.05, 3.63) is 87.4 Å². The van der Waals surface area contributed by atoms with Gasteiger partial charge in [-0.1, -0.05) is 24.3 Å². The number of carbonyl (C=O) groups excluding carboxylic acids is 2. The van der Waals surface area contributed by atoms with Gasteiger partial charge in [0.15, 0.2) is 0 Å². The molecule has 1 N–H and O–H groups in total. The van der Waals surface area contributed by atoms with Gasteiger partial charge in [0.2, 0.25) is 0 Å². The van der Waals surface area contributed by atoms with Gasteiger partial charge >= 0.3 is 0 Å². The summed E-state index contributed by atoms with van der Waals surface area (Å²) >= 11 is 1.36. The van der Waals surface area contributed by atoms with Crippen molar-refractivity contribution >= 4 is 28.8 Å². The highest BCUT2D eigenvalue weighted by Crippen LogP contribution is 2.44. The van der Waals surface area contributed by atoms with Gasteiger partial charge in [0.05, 0.1) is 25.8 Å². The summed E-state index contributed by atoms with van der Waals surface area (Å²) in [5, 5.41) is 13.1. The standard InChI is InChI=1S/C24H20FNO5S/c1-30-16-5-3-6-17(31-2)19(16)22(27)20-21(18-7-4-12-32-18)26(24(29)23(20)28)13-14-8-10-15(25)11-9-14/h3-12,21,27H,13H2,1-2H3/b22-20+. The van der Waals surface area contributed by atoms with E-state index in [-0.39, 0.29) is 23.4 Å². The number of halogens is 1. The first-order valence-corrected chi connectivity index (χ1v) is 10.6. The average Bonchev–Trinajstić information content (AvgIpc) is 3.42. The van der Waals surface area contributed by atoms with Crippen molar-refractivity contribution in [1.29, 1.82) is 0 Å². The van der Waals surface area contributed by atoms with E-state index in [0.717, 1.165) is 0 Å². The molecule has 0 spiro atoms. The lowest BCUT2D eigenvalue weighted by Gasteiger charge is -2.24. The van der Waals surface area contributed by atoms with Gasteiger partial charge in [-0.25, -0.2) is 4.39 Å². The number of ether oxygens (including phenoxy) is 2. The number of hydrogen-bond donors (Lipinski definition) is 1. The molecule has 1 aliphatic rings. The number of aliphatic hydroxyl groups is 1. The van der Waals surface area contributed by atoms with Crippen LogP contribution in [-0.4, -0.2) is 35.9 Å². The topological polar surface area (TPSA) is 76.1 Å². The van der Waals surface area contributed by atoms with E-state index in [1.54, 1.807) is 36.4 Å². The predicted molar refractivity (Wildman–Crippen MR) is 118 cm³/mol. The highest BCUT2D eigenvalue weighted by molar-refractivity contribution is 7.10. The number of benzene rings is 2. The van der Waals surface area contributed by atoms with Crippen LogP contribution in [0, 0.1) is 5.82 Å². The number of nitrogens with zero attached hydrogens (tertiary/aromatic N) is 1. The van der Waals surface area contributed by atoms with E-state index in [9.17, 15) is 19.1 Å². The molecule has 1 unspecified atom stereocenters. The molecule has 1 aromatic heterocycles. The average molecular weight is 453 g/mol. The number of Topliss-reactive ketones (excluding diaryl/α,β-unsaturated/α-hetero) is 1. The number of rotatable bonds is 6. The molecule has 0 aliphatic carbocycles. The van der Waals surface area contributed by atoms with E-state index < -0.39 is 23.5 Å². The number of thiophene rings is 1. The second-order valence-corrected chi connectivity index (χ2v) is 8.09. The zero-order valence-electron chi connectivity index (χ0n) is 17.4. The maximum absolute atomic E-state index is 13.3. The number of amides is 1. The lowest BCUT2D eigenvalue weighted by atomic mass is 9.98. The molecule has 0 radical (unpaired) electrons. The van der Waals surface area contributed by atoms with Gasteiger partial charge in [0, 0.05) is 11.4 Å². The largest absolute Gasteiger partial charge is 0.506 e. The fourth-order valence-electron chi connectivity index (χ4n) is 3.79. The van der Waals surface area contributed by atoms with Gasteiger partial charge in [0.1, 0.15) is 28.6 Å². The molecule has 32 heavy (non-hydrogen) atoms. The van der Waals surface area contributed by atoms with Crippen LogP contribution in [0.2, 0.25) is 0 Å². The Kier molecular flexibility index (Phi) is 5.96. The van der Waals surface area contributed by atoms with Gasteiger partial charge in [-0.2, -0.15) is 0 Å². The summed E-state index contributed by atoms with van der Waals surface area (Å²) in [6.07, 6.45) is 0. The molecule has 2 aromatic carbocycles. The third-order valence-corrected chi connectivity index (χ3v) is 6.21. The quantitative estimate of drug-likeness (QED) is 0.337. The van der Waals surface area contributed by atoms with Gasteiger partial charge in [-0.3, -0.25) is 9.59 Å². The van der Waals surface area contributed by atoms with Crippen molar-refractivity contribution in [2.75, 3.05) is 14.2 Å². The van der Waals surface area contributed by atoms with Crippen LogP contribution in [0.1, 0.15) is 22.0 Å². The van der Waals surface area contributed by atoms with Crippen LogP contribution in [-0.2, 0) is 16.1 Å². The Labute approximate surface area is 188 Å². The van der Waals surface area contributed by atoms with E-state index in [2.05, 4.69) is 0 Å². The molecule has 1 amide bonds. The molecular weight excluding hydrogens is 433 g/mol. The summed E-state index contributed by atoms with van der Waals surface area (Å²) in [6.45, 7) is 0.0766. The van der Waals surface area contributed by atoms with Crippen LogP contribution >= 0.6 is 11.3 Å². The molecule has 1 fully saturated rings. The molecule has 0 saturated carbocycles. The Morgan fingerprint density at radius 3 is 2.25 bits per heavy atom. The van der Waals surface area contributed by atoms with Crippen LogP contribution in [0.25, 0.3) is 5.76 Å². The van der Waals surface area contributed by atoms with Gasteiger partial charge in [-0.15, -0.1) is 11.3 Å². The first-order chi connectivity index (χ1) is 15.5. The number of ketones is 1. The van der Waals surface area contributed by atoms with Crippen LogP contribution in [0.3, 0.4) is 0 Å². The maximum atomic E-state index is 13.3. The summed E-state index contributed by atoms with van der Waals surface area (Å²) in [5.41, 5.74) is 0.797. The van der Waals surface area contributed by atoms with Crippen molar-refractivity contribution in [3.63, 3.8) is 0 Å². The minimum atomic E-state index is -0.810. The smallest absolute Gasteiger partial charge is 0.295 e. The Bertz CT molecular complexity index is 1170. The van der Waals surface area contributed by atoms with Crippen molar-refractivity contribution in [3.8, 4) is 11.5 Å². The Hall–Kier alpha value is -3.65. The SMILES string of the molecule is COc1cccc(OC)c1/C(O)=C1\C(=O)C(=O)N(Cc2ccc(F)cc2)C1c1cccs1. The molecule has 1 aliphatic heterocycles. The third kappa shape index (κ3) is 3.73. The molecule has 6 nitrogen and oxygen atoms in total. The molecule has 8 heteroatoms. The number of aliphatic hydroxyl groups excluding tert-OH is 1. The molecule has 1 saturated heterocycles. The van der Waals surface area contributed by atoms with E-state index in [1.165, 1.54) is 42.6 Å². The lowest BCUT2D eigenvalue weighted by Crippen LogP contribution is -2.28. The molecule has 1 atom stereocenters. The molecule has 3 aromatic rings. The number of methoxy groups -OCH3 is 2. The van der Waals surface area contributed by atoms with Crippen molar-refractivity contribution < 1.29 is 28.6 Å². The van der Waals surface area contributed by atoms with E-state index >= 15 is 0 Å². The van der Waals surface area contributed by atoms with Crippen molar-refractivity contribution in [1.82, 2.24) is 4.90 Å². The zero-order chi connectivity index (χ0) is 22.8. The number of carbonyl (C=O) groups is 2. The van der Waals surface area contributed by atoms with Crippen LogP contribution in [0.15, 0.2) is 65.6 Å². The Balaban J connectivity index is 1.89. The van der Waals surface area contributed by atoms with Gasteiger partial charge < -0.3 is 19.5 Å². The van der Waals surface area contributed by atoms with E-state index in [4.69, 9.17) is 9.47 Å². The molecule has 164 valence electrons. The van der Waals surface area contributed by atoms with Crippen LogP contribution < -0.4 is 9.47 Å². The second-order valence-electron chi connectivity index (χ2n) is 7.11. The molecule has 0 bridgehead atoms. The fraction of sp³-hybridized carbons (Fsp3) is 0.167. The summed E-state index contributed by atoms with van der Waals surface area (Å²) in [4.78, 5) is 28.3. The van der Waals surface area contributed by atoms with Crippen molar-refractivity contribution in [2.24, 2.45) is 0 Å². The summed E-state index contributed by atoms with van der Waals surface area (Å²) < 4.78 is 24.1. The summed E-state index contributed by atoms with van der Waals surface area (Å²) in [7, 11) is 2.88. The van der Waals surface area contributed by atoms with Crippen molar-refractivity contribution in [2.45, 2.75) is 12.6 Å². The minimum absolute atomic E-state index is 0.0534. The van der Waals surface area contributed by atoms with Crippen LogP contribution in [0.4, 0.5) is 4.39 Å². The second kappa shape index (κ2) is 8.84. The normalized spacial score (nSPS) is 17.6. The summed E-state index contributed by atoms with van der Waals surface area (Å²) in [6, 6.07) is 13.5. The lowest BCUT2D eigenvalue weighted by molar-refractivity contribution is -0.140. The van der Waals surface area contributed by atoms with Gasteiger partial charge in [0.25, 0.3) is 11.7 Å². The molecule has 2 heterocycles. The number of likely N-dealkylation sites (tertiary alicyclic amines) is 1. The van der Waals surface area contributed by atoms with Gasteiger partial charge in [-0.05, 0) is 41.3 Å². The van der Waals surface area contributed by atoms with Crippen LogP contribution in [0.5, 0.6) is 11.5 Å². The summed E-state index contributed by atoms with van der Waals surface area (Å²) in [5.74, 6) is -1.72. The maximum Gasteiger partial charge on any atom is 0.295 e. The Morgan fingerprint density at radius 1 is 1.03 bits per heavy atom. The predicted octanol–water partition coefficient (Wildman–Crippen LogP) is 4.53. The fourth-order valence-corrected chi connectivity index (χ4v) is 4.64. The molecular formula is C24H20FNO5S. The highest BCUT2D eigenvalue weighted by Gasteiger charge is 2.47. The number of hydrogen-bond acceptors (Lipinski definition) is 6. The monoisotopic (exact) mass is 453 g/mol. The first kappa shape index (κ1) is 21.6. The third-order valence-electron chi connectivity index (χ3n) is 5.28. The molecule has 4 rings (SSSR count). The highest BCUT2D eigenvalue weighted by atomic mass is 32.1. The van der Waals surface area contributed by atoms with E-state index in [1.807, 2.05) is 11.4 Å². The first-order valence-electron chi connectivity index (χ1n) is 9.74. The Morgan fingerprint density at radius 2 is 1.69 bits per heavy atom. The van der Waals surface area contributed by atoms with E-state index in [0.29, 0.717) is 21.9 Å². The minimum Gasteiger partial charge on any atom is -0.506 e. The zero-order valence-corrected chi connectivity index (χ0v) is 18.2.